The van der Waals surface area contributed by atoms with E-state index in [1.165, 1.54) is 10.4 Å². The van der Waals surface area contributed by atoms with E-state index < -0.39 is 10.0 Å². The van der Waals surface area contributed by atoms with Gasteiger partial charge in [-0.3, -0.25) is 9.10 Å². The lowest BCUT2D eigenvalue weighted by Crippen LogP contribution is -2.45. The largest absolute Gasteiger partial charge is 0.348 e. The van der Waals surface area contributed by atoms with E-state index in [2.05, 4.69) is 10.6 Å². The molecule has 0 spiro atoms. The van der Waals surface area contributed by atoms with Gasteiger partial charge in [-0.25, -0.2) is 8.42 Å². The Bertz CT molecular complexity index is 984. The lowest BCUT2D eigenvalue weighted by atomic mass is 10.1. The molecule has 2 aliphatic rings. The lowest BCUT2D eigenvalue weighted by molar-refractivity contribution is 0.0930. The molecule has 28 heavy (non-hydrogen) atoms. The van der Waals surface area contributed by atoms with E-state index in [1.807, 2.05) is 31.2 Å². The number of benzene rings is 2. The molecule has 0 bridgehead atoms. The molecule has 2 N–H and O–H groups in total. The van der Waals surface area contributed by atoms with Crippen molar-refractivity contribution in [1.29, 1.82) is 0 Å². The summed E-state index contributed by atoms with van der Waals surface area (Å²) in [5, 5.41) is 6.26. The van der Waals surface area contributed by atoms with Crippen LogP contribution in [0.25, 0.3) is 0 Å². The minimum Gasteiger partial charge on any atom is -0.348 e. The van der Waals surface area contributed by atoms with Crippen molar-refractivity contribution in [3.05, 3.63) is 59.7 Å². The Morgan fingerprint density at radius 1 is 1.18 bits per heavy atom. The quantitative estimate of drug-likeness (QED) is 0.827. The van der Waals surface area contributed by atoms with Gasteiger partial charge in [0.15, 0.2) is 0 Å². The molecule has 148 valence electrons. The smallest absolute Gasteiger partial charge is 0.264 e. The van der Waals surface area contributed by atoms with Gasteiger partial charge in [0.05, 0.1) is 10.6 Å². The number of carbonyl (C=O) groups is 1. The first-order valence-corrected chi connectivity index (χ1v) is 11.1. The average Bonchev–Trinajstić information content (AvgIpc) is 3.05. The number of hydrogen-bond donors (Lipinski definition) is 2. The highest BCUT2D eigenvalue weighted by molar-refractivity contribution is 7.92. The third-order valence-corrected chi connectivity index (χ3v) is 7.35. The number of hydrogen-bond acceptors (Lipinski definition) is 4. The van der Waals surface area contributed by atoms with Crippen LogP contribution in [-0.2, 0) is 16.4 Å². The van der Waals surface area contributed by atoms with Crippen LogP contribution >= 0.6 is 0 Å². The topological polar surface area (TPSA) is 78.5 Å². The van der Waals surface area contributed by atoms with Crippen LogP contribution in [0.1, 0.15) is 35.7 Å². The summed E-state index contributed by atoms with van der Waals surface area (Å²) < 4.78 is 28.2. The zero-order valence-corrected chi connectivity index (χ0v) is 16.7. The van der Waals surface area contributed by atoms with Gasteiger partial charge in [0.25, 0.3) is 15.9 Å². The molecule has 4 rings (SSSR count). The molecule has 2 atom stereocenters. The van der Waals surface area contributed by atoms with Gasteiger partial charge in [-0.05, 0) is 62.6 Å². The van der Waals surface area contributed by atoms with Crippen molar-refractivity contribution in [2.45, 2.75) is 43.2 Å². The van der Waals surface area contributed by atoms with Crippen molar-refractivity contribution in [3.63, 3.8) is 0 Å². The summed E-state index contributed by atoms with van der Waals surface area (Å²) in [6.07, 6.45) is 2.63. The van der Waals surface area contributed by atoms with E-state index in [0.29, 0.717) is 12.0 Å². The minimum absolute atomic E-state index is 0.0759. The van der Waals surface area contributed by atoms with Crippen LogP contribution in [0.4, 0.5) is 5.69 Å². The van der Waals surface area contributed by atoms with Crippen LogP contribution in [-0.4, -0.2) is 39.5 Å². The number of anilines is 1. The molecule has 2 aromatic rings. The average molecular weight is 400 g/mol. The second kappa shape index (κ2) is 7.56. The number of nitrogens with one attached hydrogen (secondary N) is 2. The van der Waals surface area contributed by atoms with Gasteiger partial charge < -0.3 is 10.6 Å². The van der Waals surface area contributed by atoms with Crippen molar-refractivity contribution in [3.8, 4) is 0 Å². The number of sulfonamides is 1. The van der Waals surface area contributed by atoms with Crippen molar-refractivity contribution >= 4 is 21.6 Å². The number of carbonyl (C=O) groups excluding carboxylic acids is 1. The van der Waals surface area contributed by atoms with E-state index in [1.54, 1.807) is 18.2 Å². The van der Waals surface area contributed by atoms with Crippen LogP contribution < -0.4 is 14.9 Å². The SMILES string of the molecule is CC1Cc2ccccc2N1S(=O)(=O)c1cccc(C(=O)NC2CCCNC2)c1. The molecule has 2 aromatic carbocycles. The molecule has 2 heterocycles. The Labute approximate surface area is 166 Å². The second-order valence-electron chi connectivity index (χ2n) is 7.53. The molecule has 0 radical (unpaired) electrons. The molecular weight excluding hydrogens is 374 g/mol. The van der Waals surface area contributed by atoms with Crippen molar-refractivity contribution in [2.75, 3.05) is 17.4 Å². The standard InChI is InChI=1S/C21H25N3O3S/c1-15-12-16-6-2-3-10-20(16)24(15)28(26,27)19-9-4-7-17(13-19)21(25)23-18-8-5-11-22-14-18/h2-4,6-7,9-10,13,15,18,22H,5,8,11-12,14H2,1H3,(H,23,25). The van der Waals surface area contributed by atoms with Crippen LogP contribution in [0.15, 0.2) is 53.4 Å². The van der Waals surface area contributed by atoms with E-state index in [0.717, 1.165) is 37.2 Å². The fraction of sp³-hybridized carbons (Fsp3) is 0.381. The van der Waals surface area contributed by atoms with E-state index in [9.17, 15) is 13.2 Å². The van der Waals surface area contributed by atoms with E-state index >= 15 is 0 Å². The van der Waals surface area contributed by atoms with Crippen molar-refractivity contribution < 1.29 is 13.2 Å². The Hall–Kier alpha value is -2.38. The van der Waals surface area contributed by atoms with E-state index in [4.69, 9.17) is 0 Å². The van der Waals surface area contributed by atoms with Gasteiger partial charge in [0.2, 0.25) is 0 Å². The molecule has 1 amide bonds. The first-order valence-electron chi connectivity index (χ1n) is 9.71. The fourth-order valence-corrected chi connectivity index (χ4v) is 5.80. The maximum atomic E-state index is 13.4. The van der Waals surface area contributed by atoms with Crippen LogP contribution in [0.2, 0.25) is 0 Å². The highest BCUT2D eigenvalue weighted by atomic mass is 32.2. The van der Waals surface area contributed by atoms with Crippen molar-refractivity contribution in [2.24, 2.45) is 0 Å². The molecule has 0 aromatic heterocycles. The summed E-state index contributed by atoms with van der Waals surface area (Å²) in [5.74, 6) is -0.236. The first kappa shape index (κ1) is 19.0. The van der Waals surface area contributed by atoms with E-state index in [-0.39, 0.29) is 22.9 Å². The number of rotatable bonds is 4. The molecular formula is C21H25N3O3S. The third-order valence-electron chi connectivity index (χ3n) is 5.43. The Morgan fingerprint density at radius 2 is 2.00 bits per heavy atom. The molecule has 6 nitrogen and oxygen atoms in total. The second-order valence-corrected chi connectivity index (χ2v) is 9.34. The Kier molecular flexibility index (Phi) is 5.12. The molecule has 2 aliphatic heterocycles. The summed E-state index contributed by atoms with van der Waals surface area (Å²) in [6.45, 7) is 3.62. The summed E-state index contributed by atoms with van der Waals surface area (Å²) in [6, 6.07) is 13.8. The highest BCUT2D eigenvalue weighted by Gasteiger charge is 2.36. The summed E-state index contributed by atoms with van der Waals surface area (Å²) in [4.78, 5) is 12.8. The van der Waals surface area contributed by atoms with Gasteiger partial charge >= 0.3 is 0 Å². The van der Waals surface area contributed by atoms with Crippen LogP contribution in [0, 0.1) is 0 Å². The Balaban J connectivity index is 1.61. The highest BCUT2D eigenvalue weighted by Crippen LogP contribution is 2.36. The number of nitrogens with zero attached hydrogens (tertiary/aromatic N) is 1. The van der Waals surface area contributed by atoms with Gasteiger partial charge in [0, 0.05) is 24.2 Å². The molecule has 2 unspecified atom stereocenters. The van der Waals surface area contributed by atoms with Crippen LogP contribution in [0.5, 0.6) is 0 Å². The predicted octanol–water partition coefficient (Wildman–Crippen LogP) is 2.31. The number of piperidine rings is 1. The van der Waals surface area contributed by atoms with Crippen LogP contribution in [0.3, 0.4) is 0 Å². The third kappa shape index (κ3) is 3.52. The fourth-order valence-electron chi connectivity index (χ4n) is 4.06. The molecule has 7 heteroatoms. The number of amides is 1. The maximum Gasteiger partial charge on any atom is 0.264 e. The zero-order chi connectivity index (χ0) is 19.7. The van der Waals surface area contributed by atoms with Gasteiger partial charge in [0.1, 0.15) is 0 Å². The number of fused-ring (bicyclic) bond motifs is 1. The van der Waals surface area contributed by atoms with Gasteiger partial charge in [-0.15, -0.1) is 0 Å². The molecule has 1 fully saturated rings. The first-order chi connectivity index (χ1) is 13.5. The summed E-state index contributed by atoms with van der Waals surface area (Å²) in [7, 11) is -3.75. The summed E-state index contributed by atoms with van der Waals surface area (Å²) >= 11 is 0. The maximum absolute atomic E-state index is 13.4. The molecule has 0 saturated carbocycles. The Morgan fingerprint density at radius 3 is 2.79 bits per heavy atom. The zero-order valence-electron chi connectivity index (χ0n) is 15.9. The van der Waals surface area contributed by atoms with Gasteiger partial charge in [-0.1, -0.05) is 24.3 Å². The van der Waals surface area contributed by atoms with Crippen molar-refractivity contribution in [1.82, 2.24) is 10.6 Å². The molecule has 1 saturated heterocycles. The molecule has 0 aliphatic carbocycles. The number of para-hydroxylation sites is 1. The summed E-state index contributed by atoms with van der Waals surface area (Å²) in [5.41, 5.74) is 2.11. The minimum atomic E-state index is -3.75. The monoisotopic (exact) mass is 399 g/mol. The van der Waals surface area contributed by atoms with Gasteiger partial charge in [-0.2, -0.15) is 0 Å². The normalized spacial score (nSPS) is 22.0. The predicted molar refractivity (Wildman–Crippen MR) is 109 cm³/mol. The lowest BCUT2D eigenvalue weighted by Gasteiger charge is -2.25.